The summed E-state index contributed by atoms with van der Waals surface area (Å²) in [5.74, 6) is -0.0114. The Bertz CT molecular complexity index is 782. The molecule has 1 aliphatic rings. The fraction of sp³-hybridized carbons (Fsp3) is 0.300. The third kappa shape index (κ3) is 4.82. The summed E-state index contributed by atoms with van der Waals surface area (Å²) in [5.41, 5.74) is 2.43. The first-order chi connectivity index (χ1) is 12.1. The average Bonchev–Trinajstić information content (AvgIpc) is 2.64. The maximum Gasteiger partial charge on any atom is 0.228 e. The van der Waals surface area contributed by atoms with Crippen molar-refractivity contribution in [1.82, 2.24) is 4.90 Å². The minimum Gasteiger partial charge on any atom is -0.326 e. The van der Waals surface area contributed by atoms with Crippen LogP contribution in [0.3, 0.4) is 0 Å². The van der Waals surface area contributed by atoms with E-state index < -0.39 is 0 Å². The van der Waals surface area contributed by atoms with E-state index in [1.807, 2.05) is 30.3 Å². The highest BCUT2D eigenvalue weighted by atomic mass is 35.5. The molecule has 25 heavy (non-hydrogen) atoms. The monoisotopic (exact) mass is 353 g/mol. The lowest BCUT2D eigenvalue weighted by Crippen LogP contribution is -2.40. The zero-order valence-corrected chi connectivity index (χ0v) is 14.7. The van der Waals surface area contributed by atoms with E-state index in [-0.39, 0.29) is 11.8 Å². The molecule has 1 saturated heterocycles. The van der Waals surface area contributed by atoms with Crippen molar-refractivity contribution in [2.45, 2.75) is 19.4 Å². The Balaban J connectivity index is 1.59. The predicted octanol–water partition coefficient (Wildman–Crippen LogP) is 4.06. The van der Waals surface area contributed by atoms with Crippen molar-refractivity contribution in [2.75, 3.05) is 18.4 Å². The van der Waals surface area contributed by atoms with Crippen molar-refractivity contribution >= 4 is 23.2 Å². The second kappa shape index (κ2) is 8.15. The molecule has 1 atom stereocenters. The molecule has 1 aliphatic heterocycles. The molecule has 5 heteroatoms. The van der Waals surface area contributed by atoms with Crippen molar-refractivity contribution in [2.24, 2.45) is 5.92 Å². The van der Waals surface area contributed by atoms with Gasteiger partial charge in [-0.25, -0.2) is 0 Å². The van der Waals surface area contributed by atoms with Crippen LogP contribution in [0.15, 0.2) is 48.5 Å². The van der Waals surface area contributed by atoms with Gasteiger partial charge in [0.1, 0.15) is 0 Å². The molecule has 1 amide bonds. The van der Waals surface area contributed by atoms with E-state index >= 15 is 0 Å². The quantitative estimate of drug-likeness (QED) is 0.901. The highest BCUT2D eigenvalue weighted by molar-refractivity contribution is 6.30. The number of nitrogens with one attached hydrogen (secondary N) is 1. The zero-order valence-electron chi connectivity index (χ0n) is 13.9. The molecule has 1 heterocycles. The number of halogens is 1. The molecule has 128 valence electrons. The maximum atomic E-state index is 12.6. The molecule has 3 rings (SSSR count). The number of piperidine rings is 1. The molecule has 0 unspecified atom stereocenters. The summed E-state index contributed by atoms with van der Waals surface area (Å²) in [5, 5.41) is 12.6. The average molecular weight is 354 g/mol. The van der Waals surface area contributed by atoms with Crippen molar-refractivity contribution in [1.29, 1.82) is 5.26 Å². The summed E-state index contributed by atoms with van der Waals surface area (Å²) in [6.45, 7) is 2.56. The molecule has 0 saturated carbocycles. The summed E-state index contributed by atoms with van der Waals surface area (Å²) in [6.07, 6.45) is 1.89. The number of nitrogens with zero attached hydrogens (tertiary/aromatic N) is 2. The van der Waals surface area contributed by atoms with Crippen molar-refractivity contribution in [3.05, 3.63) is 64.7 Å². The van der Waals surface area contributed by atoms with Gasteiger partial charge in [0.15, 0.2) is 0 Å². The highest BCUT2D eigenvalue weighted by Gasteiger charge is 2.25. The number of amides is 1. The van der Waals surface area contributed by atoms with E-state index in [0.29, 0.717) is 11.3 Å². The number of hydrogen-bond acceptors (Lipinski definition) is 3. The van der Waals surface area contributed by atoms with Crippen LogP contribution in [0.5, 0.6) is 0 Å². The van der Waals surface area contributed by atoms with E-state index in [2.05, 4.69) is 16.3 Å². The predicted molar refractivity (Wildman–Crippen MR) is 99.2 cm³/mol. The molecule has 1 fully saturated rings. The van der Waals surface area contributed by atoms with Gasteiger partial charge in [0.2, 0.25) is 5.91 Å². The van der Waals surface area contributed by atoms with Crippen LogP contribution in [0.1, 0.15) is 24.0 Å². The first kappa shape index (κ1) is 17.5. The van der Waals surface area contributed by atoms with Crippen LogP contribution in [0, 0.1) is 17.2 Å². The molecule has 2 aromatic rings. The summed E-state index contributed by atoms with van der Waals surface area (Å²) in [7, 11) is 0. The number of benzene rings is 2. The van der Waals surface area contributed by atoms with Crippen LogP contribution < -0.4 is 5.32 Å². The Kier molecular flexibility index (Phi) is 5.70. The molecule has 4 nitrogen and oxygen atoms in total. The van der Waals surface area contributed by atoms with E-state index in [4.69, 9.17) is 16.9 Å². The molecule has 0 aliphatic carbocycles. The van der Waals surface area contributed by atoms with E-state index in [1.165, 1.54) is 5.56 Å². The Hall–Kier alpha value is -2.35. The number of likely N-dealkylation sites (tertiary alicyclic amines) is 1. The van der Waals surface area contributed by atoms with Crippen LogP contribution in [0.4, 0.5) is 5.69 Å². The van der Waals surface area contributed by atoms with E-state index in [1.54, 1.807) is 18.2 Å². The highest BCUT2D eigenvalue weighted by Crippen LogP contribution is 2.21. The lowest BCUT2D eigenvalue weighted by molar-refractivity contribution is -0.121. The molecule has 0 radical (unpaired) electrons. The van der Waals surface area contributed by atoms with Gasteiger partial charge in [-0.2, -0.15) is 5.26 Å². The lowest BCUT2D eigenvalue weighted by atomic mass is 9.96. The molecule has 2 aromatic carbocycles. The van der Waals surface area contributed by atoms with Gasteiger partial charge in [-0.3, -0.25) is 9.69 Å². The van der Waals surface area contributed by atoms with Gasteiger partial charge >= 0.3 is 0 Å². The Morgan fingerprint density at radius 2 is 2.08 bits per heavy atom. The van der Waals surface area contributed by atoms with Crippen LogP contribution in [0.2, 0.25) is 5.02 Å². The van der Waals surface area contributed by atoms with E-state index in [0.717, 1.165) is 37.5 Å². The first-order valence-electron chi connectivity index (χ1n) is 8.42. The van der Waals surface area contributed by atoms with Crippen molar-refractivity contribution in [3.63, 3.8) is 0 Å². The normalized spacial score (nSPS) is 17.7. The van der Waals surface area contributed by atoms with Crippen LogP contribution >= 0.6 is 11.6 Å². The SMILES string of the molecule is N#Cc1cccc(NC(=O)[C@H]2CCCN(Cc3ccc(Cl)cc3)C2)c1. The van der Waals surface area contributed by atoms with Gasteiger partial charge < -0.3 is 5.32 Å². The number of anilines is 1. The van der Waals surface area contributed by atoms with Gasteiger partial charge in [-0.1, -0.05) is 29.8 Å². The number of nitriles is 1. The number of carbonyl (C=O) groups excluding carboxylic acids is 1. The minimum atomic E-state index is -0.0354. The Labute approximate surface area is 153 Å². The largest absolute Gasteiger partial charge is 0.326 e. The van der Waals surface area contributed by atoms with Gasteiger partial charge in [-0.05, 0) is 55.3 Å². The fourth-order valence-electron chi connectivity index (χ4n) is 3.17. The van der Waals surface area contributed by atoms with Crippen LogP contribution in [-0.2, 0) is 11.3 Å². The first-order valence-corrected chi connectivity index (χ1v) is 8.79. The lowest BCUT2D eigenvalue weighted by Gasteiger charge is -2.32. The standard InChI is InChI=1S/C20H20ClN3O/c21-18-8-6-15(7-9-18)13-24-10-2-4-17(14-24)20(25)23-19-5-1-3-16(11-19)12-22/h1,3,5-9,11,17H,2,4,10,13-14H2,(H,23,25)/t17-/m0/s1. The van der Waals surface area contributed by atoms with E-state index in [9.17, 15) is 4.79 Å². The second-order valence-corrected chi connectivity index (χ2v) is 6.82. The smallest absolute Gasteiger partial charge is 0.228 e. The molecule has 1 N–H and O–H groups in total. The van der Waals surface area contributed by atoms with Crippen LogP contribution in [0.25, 0.3) is 0 Å². The fourth-order valence-corrected chi connectivity index (χ4v) is 3.30. The Morgan fingerprint density at radius 1 is 1.28 bits per heavy atom. The molecule has 0 bridgehead atoms. The second-order valence-electron chi connectivity index (χ2n) is 6.38. The third-order valence-corrected chi connectivity index (χ3v) is 4.71. The van der Waals surface area contributed by atoms with Crippen molar-refractivity contribution < 1.29 is 4.79 Å². The van der Waals surface area contributed by atoms with Crippen molar-refractivity contribution in [3.8, 4) is 6.07 Å². The topological polar surface area (TPSA) is 56.1 Å². The number of carbonyl (C=O) groups is 1. The molecule has 0 aromatic heterocycles. The summed E-state index contributed by atoms with van der Waals surface area (Å²) in [4.78, 5) is 14.9. The summed E-state index contributed by atoms with van der Waals surface area (Å²) < 4.78 is 0. The number of hydrogen-bond donors (Lipinski definition) is 1. The number of rotatable bonds is 4. The molecule has 0 spiro atoms. The minimum absolute atomic E-state index is 0.0240. The zero-order chi connectivity index (χ0) is 17.6. The van der Waals surface area contributed by atoms with Gasteiger partial charge in [0, 0.05) is 23.8 Å². The summed E-state index contributed by atoms with van der Waals surface area (Å²) >= 11 is 5.93. The maximum absolute atomic E-state index is 12.6. The summed E-state index contributed by atoms with van der Waals surface area (Å²) in [6, 6.07) is 17.0. The van der Waals surface area contributed by atoms with Crippen LogP contribution in [-0.4, -0.2) is 23.9 Å². The molecular weight excluding hydrogens is 334 g/mol. The van der Waals surface area contributed by atoms with Gasteiger partial charge in [0.05, 0.1) is 17.6 Å². The van der Waals surface area contributed by atoms with Gasteiger partial charge in [0.25, 0.3) is 0 Å². The van der Waals surface area contributed by atoms with Gasteiger partial charge in [-0.15, -0.1) is 0 Å². The third-order valence-electron chi connectivity index (χ3n) is 4.45. The Morgan fingerprint density at radius 3 is 2.84 bits per heavy atom. The molecular formula is C20H20ClN3O.